The van der Waals surface area contributed by atoms with E-state index in [0.717, 1.165) is 22.5 Å². The number of alkyl halides is 2. The zero-order valence-electron chi connectivity index (χ0n) is 28.2. The van der Waals surface area contributed by atoms with Crippen LogP contribution in [0.15, 0.2) is 71.7 Å². The number of thiophene rings is 1. The number of benzene rings is 1. The number of ether oxygens (including phenoxy) is 2. The van der Waals surface area contributed by atoms with Gasteiger partial charge in [-0.1, -0.05) is 50.8 Å². The van der Waals surface area contributed by atoms with Crippen molar-refractivity contribution in [2.24, 2.45) is 22.7 Å². The minimum atomic E-state index is -2.11. The number of hydrogen-bond donors (Lipinski definition) is 2. The highest BCUT2D eigenvalue weighted by Crippen LogP contribution is 2.73. The lowest BCUT2D eigenvalue weighted by Gasteiger charge is -2.63. The van der Waals surface area contributed by atoms with Crippen LogP contribution in [0.25, 0.3) is 0 Å². The van der Waals surface area contributed by atoms with Crippen LogP contribution in [-0.4, -0.2) is 46.1 Å². The standard InChI is InChI=1S/C39H47F2NO4S/c1-8-31(43)39-33(45-34(46-39)30-17-24(21-47-30)15-23-10-9-11-25(16-23)42-35(3,4)5)19-26-27-18-29(40)28-14-22(2)12-13-36(28,6)38(27,41)32(44)20-37(26,39)7/h9-14,16-17,21,26-27,29,32-34,42,44H,2,8,15,18-20H2,1,3-7H3/t26-,27-,29-,32-,33+,34+,36-,37-,38-,39+/m0/s1. The van der Waals surface area contributed by atoms with E-state index in [1.54, 1.807) is 25.2 Å². The van der Waals surface area contributed by atoms with Crippen LogP contribution >= 0.6 is 11.3 Å². The van der Waals surface area contributed by atoms with Gasteiger partial charge in [0.1, 0.15) is 6.17 Å². The van der Waals surface area contributed by atoms with Crippen LogP contribution in [0.5, 0.6) is 0 Å². The summed E-state index contributed by atoms with van der Waals surface area (Å²) in [4.78, 5) is 15.0. The largest absolute Gasteiger partial charge is 0.390 e. The Labute approximate surface area is 281 Å². The van der Waals surface area contributed by atoms with Crippen molar-refractivity contribution in [1.82, 2.24) is 0 Å². The first-order chi connectivity index (χ1) is 22.1. The molecule has 0 amide bonds. The lowest BCUT2D eigenvalue weighted by atomic mass is 9.44. The summed E-state index contributed by atoms with van der Waals surface area (Å²) in [5, 5.41) is 17.5. The van der Waals surface area contributed by atoms with Crippen LogP contribution < -0.4 is 5.32 Å². The van der Waals surface area contributed by atoms with Crippen molar-refractivity contribution in [2.45, 2.75) is 115 Å². The number of ketones is 1. The van der Waals surface area contributed by atoms with E-state index < -0.39 is 58.6 Å². The molecule has 1 aromatic carbocycles. The zero-order valence-corrected chi connectivity index (χ0v) is 29.1. The van der Waals surface area contributed by atoms with Crippen LogP contribution in [0.1, 0.15) is 89.5 Å². The van der Waals surface area contributed by atoms with E-state index in [2.05, 4.69) is 68.4 Å². The number of rotatable bonds is 6. The second kappa shape index (κ2) is 10.9. The van der Waals surface area contributed by atoms with Crippen molar-refractivity contribution in [3.63, 3.8) is 0 Å². The Balaban J connectivity index is 1.18. The predicted molar refractivity (Wildman–Crippen MR) is 182 cm³/mol. The summed E-state index contributed by atoms with van der Waals surface area (Å²) in [5.74, 6) is -1.35. The summed E-state index contributed by atoms with van der Waals surface area (Å²) < 4.78 is 47.2. The SMILES string of the molecule is C=C1C=C[C@@]2(C)C(=C1)[C@@H](F)C[C@H]1[C@@H]3C[C@H]4O[C@@H](c5cc(Cc6cccc(NC(C)(C)C)c6)cs5)O[C@@]4(C(=O)CC)[C@@]3(C)C[C@H](O)[C@@]12F. The molecule has 2 aromatic rings. The molecule has 4 aliphatic carbocycles. The average molecular weight is 664 g/mol. The smallest absolute Gasteiger partial charge is 0.194 e. The van der Waals surface area contributed by atoms with E-state index >= 15 is 8.78 Å². The van der Waals surface area contributed by atoms with Gasteiger partial charge in [-0.2, -0.15) is 0 Å². The highest BCUT2D eigenvalue weighted by Gasteiger charge is 2.79. The lowest BCUT2D eigenvalue weighted by Crippen LogP contribution is -2.70. The second-order valence-electron chi connectivity index (χ2n) is 16.0. The molecule has 1 aliphatic heterocycles. The number of hydrogen-bond acceptors (Lipinski definition) is 6. The first kappa shape index (κ1) is 32.9. The summed E-state index contributed by atoms with van der Waals surface area (Å²) in [7, 11) is 0. The molecule has 2 N–H and O–H groups in total. The molecule has 0 radical (unpaired) electrons. The number of halogens is 2. The maximum absolute atomic E-state index is 17.7. The topological polar surface area (TPSA) is 67.8 Å². The van der Waals surface area contributed by atoms with E-state index in [4.69, 9.17) is 9.47 Å². The molecule has 47 heavy (non-hydrogen) atoms. The number of anilines is 1. The Hall–Kier alpha value is -2.65. The molecule has 252 valence electrons. The quantitative estimate of drug-likeness (QED) is 0.324. The third-order valence-electron chi connectivity index (χ3n) is 12.0. The molecular weight excluding hydrogens is 616 g/mol. The summed E-state index contributed by atoms with van der Waals surface area (Å²) in [5.41, 5.74) is -1.47. The number of aliphatic hydroxyl groups is 1. The van der Waals surface area contributed by atoms with Gasteiger partial charge in [-0.15, -0.1) is 11.3 Å². The monoisotopic (exact) mass is 663 g/mol. The number of carbonyl (C=O) groups is 1. The van der Waals surface area contributed by atoms with Crippen molar-refractivity contribution < 1.29 is 28.2 Å². The minimum absolute atomic E-state index is 0.0201. The van der Waals surface area contributed by atoms with Crippen LogP contribution in [0.3, 0.4) is 0 Å². The summed E-state index contributed by atoms with van der Waals surface area (Å²) in [6, 6.07) is 10.5. The molecular formula is C39H47F2NO4S. The molecule has 1 aromatic heterocycles. The van der Waals surface area contributed by atoms with Crippen LogP contribution in [0.2, 0.25) is 0 Å². The second-order valence-corrected chi connectivity index (χ2v) is 16.9. The maximum atomic E-state index is 17.7. The third-order valence-corrected chi connectivity index (χ3v) is 13.0. The highest BCUT2D eigenvalue weighted by molar-refractivity contribution is 7.10. The van der Waals surface area contributed by atoms with Crippen molar-refractivity contribution in [1.29, 1.82) is 0 Å². The Morgan fingerprint density at radius 3 is 2.66 bits per heavy atom. The molecule has 2 heterocycles. The van der Waals surface area contributed by atoms with Gasteiger partial charge >= 0.3 is 0 Å². The van der Waals surface area contributed by atoms with Gasteiger partial charge in [0.15, 0.2) is 23.3 Å². The van der Waals surface area contributed by atoms with Crippen molar-refractivity contribution in [3.8, 4) is 0 Å². The molecule has 3 saturated carbocycles. The number of allylic oxidation sites excluding steroid dienone is 5. The van der Waals surface area contributed by atoms with Crippen LogP contribution in [0, 0.1) is 22.7 Å². The van der Waals surface area contributed by atoms with E-state index in [-0.39, 0.29) is 30.6 Å². The van der Waals surface area contributed by atoms with Crippen molar-refractivity contribution >= 4 is 22.8 Å². The normalized spacial score (nSPS) is 40.7. The van der Waals surface area contributed by atoms with Crippen LogP contribution in [0.4, 0.5) is 14.5 Å². The maximum Gasteiger partial charge on any atom is 0.194 e. The Morgan fingerprint density at radius 1 is 1.17 bits per heavy atom. The summed E-state index contributed by atoms with van der Waals surface area (Å²) in [6.07, 6.45) is 2.13. The van der Waals surface area contributed by atoms with Gasteiger partial charge < -0.3 is 19.9 Å². The van der Waals surface area contributed by atoms with Gasteiger partial charge in [0, 0.05) is 34.4 Å². The van der Waals surface area contributed by atoms with E-state index in [1.165, 1.54) is 16.9 Å². The Bertz CT molecular complexity index is 1680. The fourth-order valence-corrected chi connectivity index (χ4v) is 10.8. The number of fused-ring (bicyclic) bond motifs is 7. The van der Waals surface area contributed by atoms with Gasteiger partial charge in [-0.05, 0) is 105 Å². The molecule has 5 aliphatic rings. The lowest BCUT2D eigenvalue weighted by molar-refractivity contribution is -0.234. The van der Waals surface area contributed by atoms with Crippen molar-refractivity contribution in [2.75, 3.05) is 5.32 Å². The molecule has 0 bridgehead atoms. The van der Waals surface area contributed by atoms with E-state index in [1.807, 2.05) is 13.8 Å². The fraction of sp³-hybridized carbons (Fsp3) is 0.564. The Morgan fingerprint density at radius 2 is 1.94 bits per heavy atom. The first-order valence-electron chi connectivity index (χ1n) is 17.0. The van der Waals surface area contributed by atoms with Gasteiger partial charge in [0.25, 0.3) is 0 Å². The number of nitrogens with one attached hydrogen (secondary N) is 1. The summed E-state index contributed by atoms with van der Waals surface area (Å²) >= 11 is 1.54. The molecule has 10 atom stereocenters. The molecule has 5 nitrogen and oxygen atoms in total. The third kappa shape index (κ3) is 4.72. The molecule has 4 fully saturated rings. The Kier molecular flexibility index (Phi) is 7.64. The van der Waals surface area contributed by atoms with Crippen LogP contribution in [-0.2, 0) is 20.7 Å². The fourth-order valence-electron chi connectivity index (χ4n) is 9.95. The van der Waals surface area contributed by atoms with E-state index in [9.17, 15) is 9.90 Å². The minimum Gasteiger partial charge on any atom is -0.390 e. The molecule has 7 rings (SSSR count). The molecule has 1 saturated heterocycles. The van der Waals surface area contributed by atoms with Gasteiger partial charge in [0.2, 0.25) is 0 Å². The van der Waals surface area contributed by atoms with Gasteiger partial charge in [0.05, 0.1) is 17.1 Å². The first-order valence-corrected chi connectivity index (χ1v) is 17.9. The highest BCUT2D eigenvalue weighted by atomic mass is 32.1. The van der Waals surface area contributed by atoms with Gasteiger partial charge in [-0.25, -0.2) is 8.78 Å². The summed E-state index contributed by atoms with van der Waals surface area (Å²) in [6.45, 7) is 15.8. The van der Waals surface area contributed by atoms with Crippen molar-refractivity contribution in [3.05, 3.63) is 87.7 Å². The number of carbonyl (C=O) groups excluding carboxylic acids is 1. The molecule has 0 unspecified atom stereocenters. The number of aliphatic hydroxyl groups excluding tert-OH is 1. The molecule has 0 spiro atoms. The average Bonchev–Trinajstić information content (AvgIpc) is 3.68. The van der Waals surface area contributed by atoms with E-state index in [0.29, 0.717) is 17.6 Å². The zero-order chi connectivity index (χ0) is 33.7. The molecule has 8 heteroatoms. The van der Waals surface area contributed by atoms with Gasteiger partial charge in [-0.3, -0.25) is 4.79 Å². The predicted octanol–water partition coefficient (Wildman–Crippen LogP) is 8.60. The number of Topliss-reactive ketones (excluding diaryl/α,β-unsaturated/α-hetero) is 1.